The summed E-state index contributed by atoms with van der Waals surface area (Å²) in [4.78, 5) is 2.51. The third kappa shape index (κ3) is 8.04. The summed E-state index contributed by atoms with van der Waals surface area (Å²) in [6.07, 6.45) is -8.39. The molecule has 0 aromatic carbocycles. The van der Waals surface area contributed by atoms with Crippen LogP contribution in [0.1, 0.15) is 19.8 Å². The molecule has 0 aromatic heterocycles. The molecular weight excluding hydrogens is 305 g/mol. The topological polar surface area (TPSA) is 36.9 Å². The number of hydrogen-bond acceptors (Lipinski definition) is 4. The van der Waals surface area contributed by atoms with Gasteiger partial charge in [0, 0.05) is 13.3 Å². The van der Waals surface area contributed by atoms with Gasteiger partial charge >= 0.3 is 24.2 Å². The Balaban J connectivity index is 4.14. The Morgan fingerprint density at radius 1 is 1.10 bits per heavy atom. The Bertz CT molecular complexity index is 317. The van der Waals surface area contributed by atoms with E-state index in [1.807, 2.05) is 0 Å². The van der Waals surface area contributed by atoms with Crippen LogP contribution in [0.15, 0.2) is 12.0 Å². The molecule has 0 fully saturated rings. The van der Waals surface area contributed by atoms with Crippen molar-refractivity contribution in [1.29, 1.82) is 0 Å². The zero-order valence-electron chi connectivity index (χ0n) is 10.1. The van der Waals surface area contributed by atoms with Crippen molar-refractivity contribution < 1.29 is 50.0 Å². The second kappa shape index (κ2) is 8.15. The monoisotopic (exact) mass is 316 g/mol. The predicted octanol–water partition coefficient (Wildman–Crippen LogP) is 3.95. The molecule has 1 atom stereocenters. The van der Waals surface area contributed by atoms with E-state index in [1.54, 1.807) is 0 Å². The number of alkyl halides is 4. The summed E-state index contributed by atoms with van der Waals surface area (Å²) in [5.41, 5.74) is 0. The molecule has 0 saturated carbocycles. The molecule has 0 radical (unpaired) electrons. The molecule has 0 heterocycles. The van der Waals surface area contributed by atoms with Crippen LogP contribution in [0, 0.1) is 0 Å². The molecular formula is C9H11F7O4. The van der Waals surface area contributed by atoms with Crippen LogP contribution < -0.4 is 0 Å². The van der Waals surface area contributed by atoms with Crippen molar-refractivity contribution in [3.8, 4) is 0 Å². The normalized spacial score (nSPS) is 14.6. The highest BCUT2D eigenvalue weighted by Gasteiger charge is 2.41. The van der Waals surface area contributed by atoms with Crippen LogP contribution in [0.4, 0.5) is 30.9 Å². The summed E-state index contributed by atoms with van der Waals surface area (Å²) < 4.78 is 96.9. The van der Waals surface area contributed by atoms with Gasteiger partial charge in [-0.1, -0.05) is 0 Å². The lowest BCUT2D eigenvalue weighted by Gasteiger charge is -2.23. The smallest absolute Gasteiger partial charge is 0.360 e. The molecule has 11 heteroatoms. The zero-order valence-corrected chi connectivity index (χ0v) is 10.1. The highest BCUT2D eigenvalue weighted by molar-refractivity contribution is 4.82. The molecule has 0 amide bonds. The SMILES string of the molecule is CC(F)(OF)OC(F)(F)CCCOC(OCF)=C(F)F. The van der Waals surface area contributed by atoms with Crippen molar-refractivity contribution in [3.63, 3.8) is 0 Å². The standard InChI is InChI=1S/C9H11F7O4/c1-8(13,20-16)19-9(14,15)3-2-4-17-7(6(11)12)18-5-10/h2-5H2,1H3. The van der Waals surface area contributed by atoms with Crippen LogP contribution in [-0.2, 0) is 19.2 Å². The summed E-state index contributed by atoms with van der Waals surface area (Å²) >= 11 is 0. The van der Waals surface area contributed by atoms with Gasteiger partial charge in [0.15, 0.2) is 0 Å². The van der Waals surface area contributed by atoms with Gasteiger partial charge in [-0.2, -0.15) is 22.0 Å². The molecule has 0 aliphatic heterocycles. The third-order valence-electron chi connectivity index (χ3n) is 1.65. The maximum absolute atomic E-state index is 12.9. The van der Waals surface area contributed by atoms with E-state index in [4.69, 9.17) is 0 Å². The van der Waals surface area contributed by atoms with Gasteiger partial charge in [-0.15, -0.1) is 4.94 Å². The van der Waals surface area contributed by atoms with E-state index in [9.17, 15) is 30.9 Å². The van der Waals surface area contributed by atoms with Crippen LogP contribution in [0.3, 0.4) is 0 Å². The Morgan fingerprint density at radius 2 is 1.70 bits per heavy atom. The highest BCUT2D eigenvalue weighted by Crippen LogP contribution is 2.30. The van der Waals surface area contributed by atoms with E-state index in [1.165, 1.54) is 0 Å². The highest BCUT2D eigenvalue weighted by atomic mass is 19.3. The molecule has 0 rings (SSSR count). The Labute approximate surface area is 108 Å². The quantitative estimate of drug-likeness (QED) is 0.265. The Morgan fingerprint density at radius 3 is 2.15 bits per heavy atom. The first-order valence-electron chi connectivity index (χ1n) is 5.07. The summed E-state index contributed by atoms with van der Waals surface area (Å²) in [5, 5.41) is 0. The van der Waals surface area contributed by atoms with E-state index in [0.29, 0.717) is 0 Å². The average Bonchev–Trinajstić information content (AvgIpc) is 2.31. The molecule has 0 saturated heterocycles. The molecule has 0 aliphatic rings. The molecule has 0 spiro atoms. The molecule has 0 aromatic rings. The van der Waals surface area contributed by atoms with Crippen molar-refractivity contribution in [1.82, 2.24) is 0 Å². The number of rotatable bonds is 10. The van der Waals surface area contributed by atoms with Crippen molar-refractivity contribution in [3.05, 3.63) is 12.0 Å². The van der Waals surface area contributed by atoms with Crippen molar-refractivity contribution >= 4 is 0 Å². The van der Waals surface area contributed by atoms with Gasteiger partial charge in [-0.05, 0) is 10.9 Å². The summed E-state index contributed by atoms with van der Waals surface area (Å²) in [6.45, 7) is -2.06. The van der Waals surface area contributed by atoms with E-state index in [2.05, 4.69) is 19.2 Å². The van der Waals surface area contributed by atoms with E-state index >= 15 is 0 Å². The predicted molar refractivity (Wildman–Crippen MR) is 49.2 cm³/mol. The summed E-state index contributed by atoms with van der Waals surface area (Å²) in [5.74, 6) is -1.45. The molecule has 1 unspecified atom stereocenters. The maximum atomic E-state index is 12.9. The van der Waals surface area contributed by atoms with Gasteiger partial charge in [0.2, 0.25) is 6.86 Å². The minimum absolute atomic E-state index is 0.256. The Hall–Kier alpha value is -1.23. The van der Waals surface area contributed by atoms with E-state index in [-0.39, 0.29) is 6.92 Å². The minimum Gasteiger partial charge on any atom is -0.461 e. The summed E-state index contributed by atoms with van der Waals surface area (Å²) in [6, 6.07) is -3.65. The molecule has 0 N–H and O–H groups in total. The average molecular weight is 316 g/mol. The second-order valence-corrected chi connectivity index (χ2v) is 3.40. The second-order valence-electron chi connectivity index (χ2n) is 3.40. The van der Waals surface area contributed by atoms with Gasteiger partial charge in [0.1, 0.15) is 0 Å². The van der Waals surface area contributed by atoms with Gasteiger partial charge in [-0.3, -0.25) is 4.74 Å². The lowest BCUT2D eigenvalue weighted by Crippen LogP contribution is -2.34. The third-order valence-corrected chi connectivity index (χ3v) is 1.65. The van der Waals surface area contributed by atoms with Gasteiger partial charge in [0.05, 0.1) is 6.61 Å². The zero-order chi connectivity index (χ0) is 15.8. The maximum Gasteiger partial charge on any atom is 0.360 e. The largest absolute Gasteiger partial charge is 0.461 e. The molecule has 0 bridgehead atoms. The van der Waals surface area contributed by atoms with Crippen LogP contribution in [-0.4, -0.2) is 25.6 Å². The Kier molecular flexibility index (Phi) is 7.64. The fourth-order valence-electron chi connectivity index (χ4n) is 0.977. The fraction of sp³-hybridized carbons (Fsp3) is 0.778. The first-order chi connectivity index (χ1) is 9.13. The fourth-order valence-corrected chi connectivity index (χ4v) is 0.977. The summed E-state index contributed by atoms with van der Waals surface area (Å²) in [7, 11) is 0. The molecule has 120 valence electrons. The van der Waals surface area contributed by atoms with Gasteiger partial charge in [0.25, 0.3) is 0 Å². The lowest BCUT2D eigenvalue weighted by molar-refractivity contribution is -0.460. The van der Waals surface area contributed by atoms with Gasteiger partial charge in [-0.25, -0.2) is 4.39 Å². The minimum atomic E-state index is -4.13. The number of hydrogen-bond donors (Lipinski definition) is 0. The van der Waals surface area contributed by atoms with Crippen molar-refractivity contribution in [2.24, 2.45) is 0 Å². The molecule has 4 nitrogen and oxygen atoms in total. The molecule has 20 heavy (non-hydrogen) atoms. The molecule has 0 aliphatic carbocycles. The van der Waals surface area contributed by atoms with Crippen LogP contribution in [0.5, 0.6) is 0 Å². The van der Waals surface area contributed by atoms with Crippen LogP contribution >= 0.6 is 0 Å². The lowest BCUT2D eigenvalue weighted by atomic mass is 10.3. The number of halogens is 7. The van der Waals surface area contributed by atoms with Crippen LogP contribution in [0.2, 0.25) is 0 Å². The van der Waals surface area contributed by atoms with E-state index in [0.717, 1.165) is 0 Å². The van der Waals surface area contributed by atoms with Crippen LogP contribution in [0.25, 0.3) is 0 Å². The first kappa shape index (κ1) is 18.8. The first-order valence-corrected chi connectivity index (χ1v) is 5.07. The van der Waals surface area contributed by atoms with Gasteiger partial charge < -0.3 is 9.47 Å². The number of ether oxygens (including phenoxy) is 3. The van der Waals surface area contributed by atoms with Crippen molar-refractivity contribution in [2.75, 3.05) is 13.5 Å². The van der Waals surface area contributed by atoms with Crippen molar-refractivity contribution in [2.45, 2.75) is 31.9 Å². The van der Waals surface area contributed by atoms with E-state index < -0.39 is 50.5 Å².